The van der Waals surface area contributed by atoms with Crippen LogP contribution in [0.1, 0.15) is 31.8 Å². The third-order valence-corrected chi connectivity index (χ3v) is 3.83. The summed E-state index contributed by atoms with van der Waals surface area (Å²) in [6, 6.07) is 3.91. The highest BCUT2D eigenvalue weighted by atomic mass is 35.5. The van der Waals surface area contributed by atoms with Gasteiger partial charge in [-0.05, 0) is 58.6 Å². The fourth-order valence-electron chi connectivity index (χ4n) is 2.27. The van der Waals surface area contributed by atoms with Crippen molar-refractivity contribution in [2.75, 3.05) is 0 Å². The summed E-state index contributed by atoms with van der Waals surface area (Å²) in [4.78, 5) is 22.2. The maximum Gasteiger partial charge on any atom is 0.417 e. The normalized spacial score (nSPS) is 12.2. The van der Waals surface area contributed by atoms with E-state index in [2.05, 4.69) is 0 Å². The molecule has 26 heavy (non-hydrogen) atoms. The third kappa shape index (κ3) is 4.19. The van der Waals surface area contributed by atoms with Gasteiger partial charge in [0.2, 0.25) is 0 Å². The van der Waals surface area contributed by atoms with E-state index >= 15 is 0 Å². The highest BCUT2D eigenvalue weighted by Crippen LogP contribution is 2.43. The van der Waals surface area contributed by atoms with Crippen LogP contribution in [0, 0.1) is 0 Å². The molecular weight excluding hydrogens is 409 g/mol. The zero-order chi connectivity index (χ0) is 19.9. The Morgan fingerprint density at radius 3 is 1.19 bits per heavy atom. The molecule has 0 radical (unpaired) electrons. The molecule has 0 N–H and O–H groups in total. The van der Waals surface area contributed by atoms with Gasteiger partial charge in [-0.3, -0.25) is 9.59 Å². The van der Waals surface area contributed by atoms with E-state index in [4.69, 9.17) is 23.2 Å². The quantitative estimate of drug-likeness (QED) is 0.445. The molecule has 138 valence electrons. The number of hydrogen-bond acceptors (Lipinski definition) is 2. The number of carbonyl (C=O) groups is 2. The van der Waals surface area contributed by atoms with Crippen LogP contribution in [0.25, 0.3) is 11.1 Å². The zero-order valence-electron chi connectivity index (χ0n) is 12.3. The first kappa shape index (κ1) is 20.3. The molecule has 2 nitrogen and oxygen atoms in total. The lowest BCUT2D eigenvalue weighted by molar-refractivity contribution is -0.139. The molecule has 0 unspecified atom stereocenters. The van der Waals surface area contributed by atoms with E-state index in [1.54, 1.807) is 0 Å². The lowest BCUT2D eigenvalue weighted by Crippen LogP contribution is -2.13. The van der Waals surface area contributed by atoms with E-state index in [1.165, 1.54) is 0 Å². The van der Waals surface area contributed by atoms with E-state index < -0.39 is 56.2 Å². The Hall–Kier alpha value is -2.06. The van der Waals surface area contributed by atoms with Gasteiger partial charge in [-0.1, -0.05) is 12.1 Å². The minimum atomic E-state index is -5.05. The van der Waals surface area contributed by atoms with Gasteiger partial charge in [0.15, 0.2) is 0 Å². The van der Waals surface area contributed by atoms with E-state index in [1.807, 2.05) is 0 Å². The fourth-order valence-corrected chi connectivity index (χ4v) is 2.51. The summed E-state index contributed by atoms with van der Waals surface area (Å²) in [5, 5.41) is -2.39. The maximum absolute atomic E-state index is 13.3. The molecule has 0 aliphatic heterocycles. The summed E-state index contributed by atoms with van der Waals surface area (Å²) in [6.07, 6.45) is -10.1. The molecule has 0 fully saturated rings. The molecule has 2 aromatic carbocycles. The number of rotatable bonds is 3. The van der Waals surface area contributed by atoms with Gasteiger partial charge in [0.25, 0.3) is 10.5 Å². The van der Waals surface area contributed by atoms with Crippen molar-refractivity contribution in [3.05, 3.63) is 58.7 Å². The van der Waals surface area contributed by atoms with Crippen molar-refractivity contribution in [3.8, 4) is 11.1 Å². The molecule has 2 rings (SSSR count). The summed E-state index contributed by atoms with van der Waals surface area (Å²) in [7, 11) is 0. The molecule has 0 aliphatic carbocycles. The third-order valence-electron chi connectivity index (χ3n) is 3.39. The van der Waals surface area contributed by atoms with E-state index in [0.29, 0.717) is 24.3 Å². The van der Waals surface area contributed by atoms with E-state index in [0.717, 1.165) is 12.1 Å². The average molecular weight is 415 g/mol. The van der Waals surface area contributed by atoms with Gasteiger partial charge in [-0.2, -0.15) is 26.3 Å². The molecular formula is C16H6Cl2F6O2. The summed E-state index contributed by atoms with van der Waals surface area (Å²) < 4.78 is 79.8. The number of benzene rings is 2. The van der Waals surface area contributed by atoms with Crippen LogP contribution < -0.4 is 0 Å². The van der Waals surface area contributed by atoms with Crippen molar-refractivity contribution in [3.63, 3.8) is 0 Å². The van der Waals surface area contributed by atoms with Crippen LogP contribution in [-0.2, 0) is 12.4 Å². The van der Waals surface area contributed by atoms with Gasteiger partial charge in [-0.15, -0.1) is 0 Å². The standard InChI is InChI=1S/C16H6Cl2F6O2/c17-13(25)7-1-3-9(11(5-7)15(19,20)21)10-4-2-8(14(18)26)6-12(10)16(22,23)24/h1-6H. The van der Waals surface area contributed by atoms with Crippen LogP contribution in [0.15, 0.2) is 36.4 Å². The minimum Gasteiger partial charge on any atom is -0.276 e. The SMILES string of the molecule is O=C(Cl)c1ccc(-c2ccc(C(=O)Cl)cc2C(F)(F)F)c(C(F)(F)F)c1. The predicted molar refractivity (Wildman–Crippen MR) is 82.2 cm³/mol. The first-order valence-electron chi connectivity index (χ1n) is 6.65. The van der Waals surface area contributed by atoms with Gasteiger partial charge in [0.1, 0.15) is 0 Å². The monoisotopic (exact) mass is 414 g/mol. The second-order valence-corrected chi connectivity index (χ2v) is 5.75. The van der Waals surface area contributed by atoms with Gasteiger partial charge in [0.05, 0.1) is 11.1 Å². The zero-order valence-corrected chi connectivity index (χ0v) is 13.8. The van der Waals surface area contributed by atoms with Crippen molar-refractivity contribution < 1.29 is 35.9 Å². The summed E-state index contributed by atoms with van der Waals surface area (Å²) >= 11 is 10.3. The summed E-state index contributed by atoms with van der Waals surface area (Å²) in [6.45, 7) is 0. The van der Waals surface area contributed by atoms with Crippen LogP contribution in [0.2, 0.25) is 0 Å². The van der Waals surface area contributed by atoms with Crippen molar-refractivity contribution in [1.29, 1.82) is 0 Å². The summed E-state index contributed by atoms with van der Waals surface area (Å²) in [5.41, 5.74) is -5.63. The molecule has 10 heteroatoms. The second-order valence-electron chi connectivity index (χ2n) is 5.06. The van der Waals surface area contributed by atoms with Crippen molar-refractivity contribution in [2.45, 2.75) is 12.4 Å². The van der Waals surface area contributed by atoms with E-state index in [9.17, 15) is 35.9 Å². The Morgan fingerprint density at radius 2 is 0.962 bits per heavy atom. The molecule has 0 bridgehead atoms. The molecule has 2 aromatic rings. The Morgan fingerprint density at radius 1 is 0.654 bits per heavy atom. The second kappa shape index (κ2) is 6.92. The Labute approximate surface area is 152 Å². The molecule has 0 aliphatic rings. The highest BCUT2D eigenvalue weighted by Gasteiger charge is 2.39. The predicted octanol–water partition coefficient (Wildman–Crippen LogP) is 6.15. The van der Waals surface area contributed by atoms with Crippen LogP contribution in [0.3, 0.4) is 0 Å². The number of hydrogen-bond donors (Lipinski definition) is 0. The first-order chi connectivity index (χ1) is 11.8. The average Bonchev–Trinajstić information content (AvgIpc) is 2.52. The molecule has 0 aromatic heterocycles. The Bertz CT molecular complexity index is 814. The Balaban J connectivity index is 2.83. The van der Waals surface area contributed by atoms with Crippen molar-refractivity contribution >= 4 is 33.7 Å². The number of halogens is 8. The molecule has 0 spiro atoms. The van der Waals surface area contributed by atoms with Gasteiger partial charge < -0.3 is 0 Å². The first-order valence-corrected chi connectivity index (χ1v) is 7.40. The maximum atomic E-state index is 13.3. The van der Waals surface area contributed by atoms with Crippen molar-refractivity contribution in [2.24, 2.45) is 0 Å². The fraction of sp³-hybridized carbons (Fsp3) is 0.125. The topological polar surface area (TPSA) is 34.1 Å². The summed E-state index contributed by atoms with van der Waals surface area (Å²) in [5.74, 6) is 0. The molecule has 0 saturated carbocycles. The van der Waals surface area contributed by atoms with Crippen LogP contribution in [0.4, 0.5) is 26.3 Å². The molecule has 0 atom stereocenters. The number of carbonyl (C=O) groups excluding carboxylic acids is 2. The van der Waals surface area contributed by atoms with Crippen molar-refractivity contribution in [1.82, 2.24) is 0 Å². The highest BCUT2D eigenvalue weighted by molar-refractivity contribution is 6.68. The van der Waals surface area contributed by atoms with Crippen LogP contribution in [0.5, 0.6) is 0 Å². The minimum absolute atomic E-state index is 0.367. The van der Waals surface area contributed by atoms with Crippen LogP contribution >= 0.6 is 23.2 Å². The largest absolute Gasteiger partial charge is 0.417 e. The lowest BCUT2D eigenvalue weighted by Gasteiger charge is -2.18. The van der Waals surface area contributed by atoms with Gasteiger partial charge >= 0.3 is 12.4 Å². The number of alkyl halides is 6. The molecule has 0 heterocycles. The molecule has 0 saturated heterocycles. The van der Waals surface area contributed by atoms with Crippen LogP contribution in [-0.4, -0.2) is 10.5 Å². The van der Waals surface area contributed by atoms with Gasteiger partial charge in [-0.25, -0.2) is 0 Å². The van der Waals surface area contributed by atoms with E-state index in [-0.39, 0.29) is 0 Å². The lowest BCUT2D eigenvalue weighted by atomic mass is 9.92. The Kier molecular flexibility index (Phi) is 5.39. The smallest absolute Gasteiger partial charge is 0.276 e. The molecule has 0 amide bonds. The van der Waals surface area contributed by atoms with Gasteiger partial charge in [0, 0.05) is 11.1 Å².